The van der Waals surface area contributed by atoms with Gasteiger partial charge in [-0.25, -0.2) is 4.98 Å². The molecule has 1 saturated heterocycles. The summed E-state index contributed by atoms with van der Waals surface area (Å²) in [6, 6.07) is 13.0. The largest absolute Gasteiger partial charge is 0.488 e. The predicted octanol–water partition coefficient (Wildman–Crippen LogP) is 2.11. The molecule has 1 aliphatic rings. The fourth-order valence-corrected chi connectivity index (χ4v) is 2.70. The van der Waals surface area contributed by atoms with Crippen molar-refractivity contribution in [2.45, 2.75) is 18.6 Å². The van der Waals surface area contributed by atoms with E-state index in [4.69, 9.17) is 9.47 Å². The summed E-state index contributed by atoms with van der Waals surface area (Å²) in [5.74, 6) is 1.43. The molecule has 1 amide bonds. The standard InChI is InChI=1S/C19H23N3O3/c1-22(2)18-9-8-14(12-20-18)19(23)21-16-13-24-11-10-17(16)25-15-6-4-3-5-7-15/h3-9,12,16-17H,10-11,13H2,1-2H3,(H,21,23)/t16-,17+/m1/s1. The van der Waals surface area contributed by atoms with Gasteiger partial charge in [0.15, 0.2) is 0 Å². The number of para-hydroxylation sites is 1. The number of hydrogen-bond acceptors (Lipinski definition) is 5. The minimum atomic E-state index is -0.199. The molecule has 6 heteroatoms. The Morgan fingerprint density at radius 2 is 2.04 bits per heavy atom. The minimum Gasteiger partial charge on any atom is -0.488 e. The third-order valence-corrected chi connectivity index (χ3v) is 4.11. The van der Waals surface area contributed by atoms with Crippen LogP contribution in [0.5, 0.6) is 5.75 Å². The van der Waals surface area contributed by atoms with Crippen molar-refractivity contribution < 1.29 is 14.3 Å². The summed E-state index contributed by atoms with van der Waals surface area (Å²) in [5, 5.41) is 3.01. The number of amides is 1. The second-order valence-electron chi connectivity index (χ2n) is 6.21. The molecule has 0 saturated carbocycles. The maximum atomic E-state index is 12.5. The van der Waals surface area contributed by atoms with E-state index in [0.29, 0.717) is 18.8 Å². The number of nitrogens with one attached hydrogen (secondary N) is 1. The van der Waals surface area contributed by atoms with Gasteiger partial charge in [0.2, 0.25) is 0 Å². The number of pyridine rings is 1. The van der Waals surface area contributed by atoms with E-state index >= 15 is 0 Å². The first-order valence-corrected chi connectivity index (χ1v) is 8.37. The summed E-state index contributed by atoms with van der Waals surface area (Å²) in [7, 11) is 3.82. The van der Waals surface area contributed by atoms with Gasteiger partial charge in [0.1, 0.15) is 17.7 Å². The lowest BCUT2D eigenvalue weighted by Crippen LogP contribution is -2.51. The van der Waals surface area contributed by atoms with Crippen LogP contribution < -0.4 is 15.0 Å². The maximum absolute atomic E-state index is 12.5. The maximum Gasteiger partial charge on any atom is 0.253 e. The molecule has 2 atom stereocenters. The highest BCUT2D eigenvalue weighted by Crippen LogP contribution is 2.18. The molecule has 1 aromatic heterocycles. The van der Waals surface area contributed by atoms with Gasteiger partial charge < -0.3 is 19.7 Å². The summed E-state index contributed by atoms with van der Waals surface area (Å²) < 4.78 is 11.6. The first kappa shape index (κ1) is 17.2. The number of benzene rings is 1. The lowest BCUT2D eigenvalue weighted by atomic mass is 10.1. The summed E-state index contributed by atoms with van der Waals surface area (Å²) in [4.78, 5) is 18.7. The van der Waals surface area contributed by atoms with Crippen LogP contribution in [0.4, 0.5) is 5.82 Å². The summed E-state index contributed by atoms with van der Waals surface area (Å²) >= 11 is 0. The highest BCUT2D eigenvalue weighted by molar-refractivity contribution is 5.94. The topological polar surface area (TPSA) is 63.7 Å². The summed E-state index contributed by atoms with van der Waals surface area (Å²) in [6.07, 6.45) is 2.20. The first-order valence-electron chi connectivity index (χ1n) is 8.37. The van der Waals surface area contributed by atoms with Crippen molar-refractivity contribution in [3.05, 3.63) is 54.2 Å². The lowest BCUT2D eigenvalue weighted by molar-refractivity contribution is -0.00288. The smallest absolute Gasteiger partial charge is 0.253 e. The predicted molar refractivity (Wildman–Crippen MR) is 96.1 cm³/mol. The van der Waals surface area contributed by atoms with Crippen molar-refractivity contribution in [2.24, 2.45) is 0 Å². The highest BCUT2D eigenvalue weighted by atomic mass is 16.5. The van der Waals surface area contributed by atoms with Crippen LogP contribution in [-0.4, -0.2) is 50.3 Å². The van der Waals surface area contributed by atoms with Crippen LogP contribution in [0.3, 0.4) is 0 Å². The van der Waals surface area contributed by atoms with Gasteiger partial charge in [-0.05, 0) is 24.3 Å². The minimum absolute atomic E-state index is 0.117. The molecule has 0 aliphatic carbocycles. The number of ether oxygens (including phenoxy) is 2. The summed E-state index contributed by atoms with van der Waals surface area (Å²) in [6.45, 7) is 1.06. The van der Waals surface area contributed by atoms with Gasteiger partial charge in [-0.3, -0.25) is 4.79 Å². The average Bonchev–Trinajstić information content (AvgIpc) is 2.64. The lowest BCUT2D eigenvalue weighted by Gasteiger charge is -2.32. The van der Waals surface area contributed by atoms with Gasteiger partial charge in [0.25, 0.3) is 5.91 Å². The Morgan fingerprint density at radius 3 is 2.72 bits per heavy atom. The Balaban J connectivity index is 1.65. The Bertz CT molecular complexity index is 689. The van der Waals surface area contributed by atoms with Crippen LogP contribution in [0.15, 0.2) is 48.7 Å². The third-order valence-electron chi connectivity index (χ3n) is 4.11. The van der Waals surface area contributed by atoms with Gasteiger partial charge in [0, 0.05) is 26.7 Å². The van der Waals surface area contributed by atoms with Gasteiger partial charge in [-0.15, -0.1) is 0 Å². The molecule has 0 bridgehead atoms. The zero-order valence-corrected chi connectivity index (χ0v) is 14.5. The first-order chi connectivity index (χ1) is 12.1. The third kappa shape index (κ3) is 4.48. The van der Waals surface area contributed by atoms with Crippen molar-refractivity contribution >= 4 is 11.7 Å². The number of anilines is 1. The molecule has 2 aromatic rings. The van der Waals surface area contributed by atoms with Crippen molar-refractivity contribution in [1.29, 1.82) is 0 Å². The van der Waals surface area contributed by atoms with Crippen LogP contribution in [0.25, 0.3) is 0 Å². The molecule has 3 rings (SSSR count). The van der Waals surface area contributed by atoms with Crippen molar-refractivity contribution in [3.63, 3.8) is 0 Å². The zero-order valence-electron chi connectivity index (χ0n) is 14.5. The number of rotatable bonds is 5. The van der Waals surface area contributed by atoms with Crippen molar-refractivity contribution in [3.8, 4) is 5.75 Å². The van der Waals surface area contributed by atoms with Gasteiger partial charge in [-0.2, -0.15) is 0 Å². The molecule has 0 unspecified atom stereocenters. The van der Waals surface area contributed by atoms with Gasteiger partial charge in [0.05, 0.1) is 24.8 Å². The average molecular weight is 341 g/mol. The van der Waals surface area contributed by atoms with Crippen LogP contribution in [0.1, 0.15) is 16.8 Å². The normalized spacial score (nSPS) is 19.9. The van der Waals surface area contributed by atoms with E-state index < -0.39 is 0 Å². The van der Waals surface area contributed by atoms with E-state index in [2.05, 4.69) is 10.3 Å². The Kier molecular flexibility index (Phi) is 5.50. The van der Waals surface area contributed by atoms with E-state index in [0.717, 1.165) is 18.0 Å². The van der Waals surface area contributed by atoms with E-state index in [-0.39, 0.29) is 18.1 Å². The van der Waals surface area contributed by atoms with E-state index in [1.165, 1.54) is 0 Å². The molecule has 25 heavy (non-hydrogen) atoms. The van der Waals surface area contributed by atoms with E-state index in [1.54, 1.807) is 12.3 Å². The van der Waals surface area contributed by atoms with Crippen molar-refractivity contribution in [2.75, 3.05) is 32.2 Å². The molecule has 1 fully saturated rings. The number of carbonyl (C=O) groups excluding carboxylic acids is 1. The molecule has 1 N–H and O–H groups in total. The van der Waals surface area contributed by atoms with Crippen molar-refractivity contribution in [1.82, 2.24) is 10.3 Å². The van der Waals surface area contributed by atoms with Crippen LogP contribution in [-0.2, 0) is 4.74 Å². The fourth-order valence-electron chi connectivity index (χ4n) is 2.70. The van der Waals surface area contributed by atoms with E-state index in [1.807, 2.05) is 55.4 Å². The molecule has 6 nitrogen and oxygen atoms in total. The highest BCUT2D eigenvalue weighted by Gasteiger charge is 2.29. The number of hydrogen-bond donors (Lipinski definition) is 1. The molecule has 132 valence electrons. The van der Waals surface area contributed by atoms with Crippen LogP contribution in [0, 0.1) is 0 Å². The fraction of sp³-hybridized carbons (Fsp3) is 0.368. The van der Waals surface area contributed by atoms with E-state index in [9.17, 15) is 4.79 Å². The number of nitrogens with zero attached hydrogens (tertiary/aromatic N) is 2. The molecule has 2 heterocycles. The molecule has 1 aromatic carbocycles. The number of aromatic nitrogens is 1. The Morgan fingerprint density at radius 1 is 1.24 bits per heavy atom. The molecule has 0 radical (unpaired) electrons. The van der Waals surface area contributed by atoms with Gasteiger partial charge in [-0.1, -0.05) is 18.2 Å². The van der Waals surface area contributed by atoms with Crippen LogP contribution >= 0.6 is 0 Å². The number of carbonyl (C=O) groups is 1. The zero-order chi connectivity index (χ0) is 17.6. The quantitative estimate of drug-likeness (QED) is 0.902. The Labute approximate surface area is 147 Å². The Hall–Kier alpha value is -2.60. The molecular formula is C19H23N3O3. The monoisotopic (exact) mass is 341 g/mol. The SMILES string of the molecule is CN(C)c1ccc(C(=O)N[C@@H]2COCC[C@@H]2Oc2ccccc2)cn1. The molecular weight excluding hydrogens is 318 g/mol. The summed E-state index contributed by atoms with van der Waals surface area (Å²) in [5.41, 5.74) is 0.523. The van der Waals surface area contributed by atoms with Gasteiger partial charge >= 0.3 is 0 Å². The molecule has 0 spiro atoms. The second kappa shape index (κ2) is 7.98. The molecule has 1 aliphatic heterocycles. The second-order valence-corrected chi connectivity index (χ2v) is 6.21. The van der Waals surface area contributed by atoms with Crippen LogP contribution in [0.2, 0.25) is 0 Å².